The number of nitrogens with one attached hydrogen (secondary N) is 2. The van der Waals surface area contributed by atoms with Crippen LogP contribution in [0.3, 0.4) is 0 Å². The molecule has 21 heavy (non-hydrogen) atoms. The molecule has 5 heteroatoms. The van der Waals surface area contributed by atoms with Gasteiger partial charge in [-0.05, 0) is 44.4 Å². The van der Waals surface area contributed by atoms with Crippen LogP contribution in [0.1, 0.15) is 52.7 Å². The van der Waals surface area contributed by atoms with E-state index in [1.165, 1.54) is 0 Å². The first-order valence-electron chi connectivity index (χ1n) is 7.44. The Morgan fingerprint density at radius 3 is 2.29 bits per heavy atom. The van der Waals surface area contributed by atoms with Gasteiger partial charge in [-0.15, -0.1) is 0 Å². The highest BCUT2D eigenvalue weighted by Crippen LogP contribution is 2.20. The quantitative estimate of drug-likeness (QED) is 0.849. The molecule has 1 aromatic rings. The highest BCUT2D eigenvalue weighted by Gasteiger charge is 2.24. The van der Waals surface area contributed by atoms with Crippen molar-refractivity contribution in [3.05, 3.63) is 29.3 Å². The molecule has 0 aromatic heterocycles. The molecule has 0 aliphatic carbocycles. The lowest BCUT2D eigenvalue weighted by Gasteiger charge is -2.22. The van der Waals surface area contributed by atoms with Gasteiger partial charge in [0.1, 0.15) is 0 Å². The SMILES string of the molecule is CCc1ccc(CNC(C)C)cc1S(=O)(=O)NC(C)(C)C. The third-order valence-electron chi connectivity index (χ3n) is 2.96. The average Bonchev–Trinajstić information content (AvgIpc) is 2.33. The van der Waals surface area contributed by atoms with Crippen molar-refractivity contribution in [2.45, 2.75) is 71.0 Å². The van der Waals surface area contributed by atoms with Crippen molar-refractivity contribution >= 4 is 10.0 Å². The van der Waals surface area contributed by atoms with E-state index in [-0.39, 0.29) is 0 Å². The molecule has 1 rings (SSSR count). The molecule has 0 radical (unpaired) electrons. The van der Waals surface area contributed by atoms with Crippen LogP contribution in [0.4, 0.5) is 0 Å². The normalized spacial score (nSPS) is 12.9. The van der Waals surface area contributed by atoms with Gasteiger partial charge in [0, 0.05) is 18.1 Å². The molecule has 0 aliphatic rings. The van der Waals surface area contributed by atoms with E-state index in [1.807, 2.05) is 39.8 Å². The third kappa shape index (κ3) is 5.77. The highest BCUT2D eigenvalue weighted by molar-refractivity contribution is 7.89. The summed E-state index contributed by atoms with van der Waals surface area (Å²) in [5.74, 6) is 0. The van der Waals surface area contributed by atoms with E-state index < -0.39 is 15.6 Å². The van der Waals surface area contributed by atoms with E-state index in [2.05, 4.69) is 23.9 Å². The summed E-state index contributed by atoms with van der Waals surface area (Å²) in [4.78, 5) is 0.392. The Labute approximate surface area is 129 Å². The van der Waals surface area contributed by atoms with Crippen LogP contribution < -0.4 is 10.0 Å². The first kappa shape index (κ1) is 18.1. The van der Waals surface area contributed by atoms with Gasteiger partial charge in [-0.3, -0.25) is 0 Å². The molecular formula is C16H28N2O2S. The molecule has 1 aromatic carbocycles. The Bertz CT molecular complexity index is 572. The Hall–Kier alpha value is -0.910. The minimum Gasteiger partial charge on any atom is -0.310 e. The van der Waals surface area contributed by atoms with Crippen LogP contribution in [0.15, 0.2) is 23.1 Å². The monoisotopic (exact) mass is 312 g/mol. The lowest BCUT2D eigenvalue weighted by molar-refractivity contribution is 0.491. The summed E-state index contributed by atoms with van der Waals surface area (Å²) < 4.78 is 27.9. The zero-order valence-corrected chi connectivity index (χ0v) is 14.8. The molecule has 0 unspecified atom stereocenters. The van der Waals surface area contributed by atoms with Gasteiger partial charge in [0.25, 0.3) is 0 Å². The average molecular weight is 312 g/mol. The van der Waals surface area contributed by atoms with Crippen LogP contribution >= 0.6 is 0 Å². The highest BCUT2D eigenvalue weighted by atomic mass is 32.2. The molecule has 0 atom stereocenters. The van der Waals surface area contributed by atoms with Crippen molar-refractivity contribution in [1.82, 2.24) is 10.0 Å². The summed E-state index contributed by atoms with van der Waals surface area (Å²) in [5, 5.41) is 3.31. The Balaban J connectivity index is 3.16. The molecule has 0 heterocycles. The standard InChI is InChI=1S/C16H28N2O2S/c1-7-14-9-8-13(11-17-12(2)3)10-15(14)21(19,20)18-16(4,5)6/h8-10,12,17-18H,7,11H2,1-6H3. The molecular weight excluding hydrogens is 284 g/mol. The Kier molecular flexibility index (Phi) is 5.96. The molecule has 0 saturated heterocycles. The van der Waals surface area contributed by atoms with Crippen LogP contribution in [-0.2, 0) is 23.0 Å². The molecule has 0 aliphatic heterocycles. The molecule has 120 valence electrons. The van der Waals surface area contributed by atoms with Gasteiger partial charge in [0.05, 0.1) is 4.90 Å². The van der Waals surface area contributed by atoms with E-state index in [1.54, 1.807) is 6.07 Å². The topological polar surface area (TPSA) is 58.2 Å². The third-order valence-corrected chi connectivity index (χ3v) is 4.80. The summed E-state index contributed by atoms with van der Waals surface area (Å²) in [7, 11) is -3.50. The number of sulfonamides is 1. The van der Waals surface area contributed by atoms with Crippen LogP contribution in [0.25, 0.3) is 0 Å². The van der Waals surface area contributed by atoms with Crippen LogP contribution in [-0.4, -0.2) is 20.0 Å². The fraction of sp³-hybridized carbons (Fsp3) is 0.625. The molecule has 2 N–H and O–H groups in total. The van der Waals surface area contributed by atoms with Gasteiger partial charge in [-0.25, -0.2) is 13.1 Å². The van der Waals surface area contributed by atoms with Crippen LogP contribution in [0, 0.1) is 0 Å². The van der Waals surface area contributed by atoms with Gasteiger partial charge < -0.3 is 5.32 Å². The Morgan fingerprint density at radius 1 is 1.19 bits per heavy atom. The second-order valence-corrected chi connectivity index (χ2v) is 8.34. The van der Waals surface area contributed by atoms with Gasteiger partial charge in [0.2, 0.25) is 10.0 Å². The fourth-order valence-corrected chi connectivity index (χ4v) is 3.81. The minimum atomic E-state index is -3.50. The molecule has 0 bridgehead atoms. The van der Waals surface area contributed by atoms with Crippen molar-refractivity contribution in [2.24, 2.45) is 0 Å². The largest absolute Gasteiger partial charge is 0.310 e. The van der Waals surface area contributed by atoms with E-state index in [4.69, 9.17) is 0 Å². The van der Waals surface area contributed by atoms with E-state index >= 15 is 0 Å². The van der Waals surface area contributed by atoms with E-state index in [0.29, 0.717) is 23.9 Å². The molecule has 4 nitrogen and oxygen atoms in total. The summed E-state index contributed by atoms with van der Waals surface area (Å²) >= 11 is 0. The van der Waals surface area contributed by atoms with E-state index in [0.717, 1.165) is 11.1 Å². The Morgan fingerprint density at radius 2 is 1.81 bits per heavy atom. The molecule has 0 fully saturated rings. The maximum atomic E-state index is 12.6. The number of rotatable bonds is 6. The number of benzene rings is 1. The van der Waals surface area contributed by atoms with Crippen molar-refractivity contribution in [3.8, 4) is 0 Å². The maximum Gasteiger partial charge on any atom is 0.241 e. The first-order valence-corrected chi connectivity index (χ1v) is 8.92. The number of hydrogen-bond donors (Lipinski definition) is 2. The van der Waals surface area contributed by atoms with Gasteiger partial charge in [0.15, 0.2) is 0 Å². The molecule has 0 spiro atoms. The van der Waals surface area contributed by atoms with Crippen LogP contribution in [0.2, 0.25) is 0 Å². The fourth-order valence-electron chi connectivity index (χ4n) is 2.03. The zero-order chi connectivity index (χ0) is 16.3. The van der Waals surface area contributed by atoms with Crippen molar-refractivity contribution in [3.63, 3.8) is 0 Å². The van der Waals surface area contributed by atoms with Gasteiger partial charge in [-0.2, -0.15) is 0 Å². The van der Waals surface area contributed by atoms with Gasteiger partial charge >= 0.3 is 0 Å². The van der Waals surface area contributed by atoms with Gasteiger partial charge in [-0.1, -0.05) is 32.9 Å². The summed E-state index contributed by atoms with van der Waals surface area (Å²) in [6.07, 6.45) is 0.693. The lowest BCUT2D eigenvalue weighted by atomic mass is 10.1. The lowest BCUT2D eigenvalue weighted by Crippen LogP contribution is -2.40. The molecule has 0 saturated carbocycles. The van der Waals surface area contributed by atoms with Crippen molar-refractivity contribution < 1.29 is 8.42 Å². The molecule has 0 amide bonds. The second-order valence-electron chi connectivity index (χ2n) is 6.69. The number of hydrogen-bond acceptors (Lipinski definition) is 3. The smallest absolute Gasteiger partial charge is 0.241 e. The summed E-state index contributed by atoms with van der Waals surface area (Å²) in [6, 6.07) is 6.05. The summed E-state index contributed by atoms with van der Waals surface area (Å²) in [5.41, 5.74) is 1.34. The maximum absolute atomic E-state index is 12.6. The van der Waals surface area contributed by atoms with Crippen LogP contribution in [0.5, 0.6) is 0 Å². The van der Waals surface area contributed by atoms with Crippen molar-refractivity contribution in [2.75, 3.05) is 0 Å². The minimum absolute atomic E-state index is 0.364. The summed E-state index contributed by atoms with van der Waals surface area (Å²) in [6.45, 7) is 12.3. The second kappa shape index (κ2) is 6.90. The predicted molar refractivity (Wildman–Crippen MR) is 87.9 cm³/mol. The van der Waals surface area contributed by atoms with Crippen molar-refractivity contribution in [1.29, 1.82) is 0 Å². The van der Waals surface area contributed by atoms with E-state index in [9.17, 15) is 8.42 Å². The predicted octanol–water partition coefficient (Wildman–Crippen LogP) is 2.82. The number of aryl methyl sites for hydroxylation is 1. The first-order chi connectivity index (χ1) is 9.55. The zero-order valence-electron chi connectivity index (χ0n) is 13.9.